The van der Waals surface area contributed by atoms with E-state index in [2.05, 4.69) is 15.4 Å². The van der Waals surface area contributed by atoms with E-state index in [0.717, 1.165) is 0 Å². The molecular weight excluding hydrogens is 351 g/mol. The predicted octanol–water partition coefficient (Wildman–Crippen LogP) is 3.12. The quantitative estimate of drug-likeness (QED) is 0.709. The molecule has 0 aliphatic heterocycles. The number of hydrogen-bond donors (Lipinski definition) is 3. The van der Waals surface area contributed by atoms with Crippen LogP contribution in [0.5, 0.6) is 0 Å². The molecule has 2 amide bonds. The fraction of sp³-hybridized carbons (Fsp3) is 0.176. The first kappa shape index (κ1) is 18.7. The molecule has 0 fully saturated rings. The number of carbonyl (C=O) groups excluding carboxylic acids is 2. The lowest BCUT2D eigenvalue weighted by Crippen LogP contribution is -2.32. The maximum Gasteiger partial charge on any atom is 0.339 e. The second-order valence-electron chi connectivity index (χ2n) is 5.06. The highest BCUT2D eigenvalue weighted by molar-refractivity contribution is 6.33. The zero-order chi connectivity index (χ0) is 18.4. The molecule has 0 bridgehead atoms. The van der Waals surface area contributed by atoms with E-state index in [1.807, 2.05) is 0 Å². The number of rotatable bonds is 5. The topological polar surface area (TPSA) is 87.7 Å². The molecule has 0 spiro atoms. The van der Waals surface area contributed by atoms with Crippen LogP contribution in [0.2, 0.25) is 5.02 Å². The van der Waals surface area contributed by atoms with Gasteiger partial charge in [0.2, 0.25) is 0 Å². The van der Waals surface area contributed by atoms with Crippen LogP contribution in [0.1, 0.15) is 22.0 Å². The largest absolute Gasteiger partial charge is 0.465 e. The maximum atomic E-state index is 13.6. The summed E-state index contributed by atoms with van der Waals surface area (Å²) >= 11 is 5.89. The van der Waals surface area contributed by atoms with Gasteiger partial charge in [-0.3, -0.25) is 0 Å². The van der Waals surface area contributed by atoms with Gasteiger partial charge in [0.25, 0.3) is 0 Å². The summed E-state index contributed by atoms with van der Waals surface area (Å²) in [6.07, 6.45) is -1.19. The van der Waals surface area contributed by atoms with Crippen LogP contribution >= 0.6 is 11.6 Å². The van der Waals surface area contributed by atoms with Crippen LogP contribution < -0.4 is 10.6 Å². The first-order valence-electron chi connectivity index (χ1n) is 7.27. The van der Waals surface area contributed by atoms with E-state index in [4.69, 9.17) is 11.6 Å². The summed E-state index contributed by atoms with van der Waals surface area (Å²) in [7, 11) is 1.22. The molecule has 1 unspecified atom stereocenters. The van der Waals surface area contributed by atoms with Gasteiger partial charge in [-0.15, -0.1) is 0 Å². The van der Waals surface area contributed by atoms with E-state index in [1.165, 1.54) is 43.5 Å². The van der Waals surface area contributed by atoms with E-state index in [0.29, 0.717) is 5.69 Å². The van der Waals surface area contributed by atoms with Crippen LogP contribution in [0.25, 0.3) is 0 Å². The lowest BCUT2D eigenvalue weighted by molar-refractivity contribution is 0.0601. The van der Waals surface area contributed by atoms with Gasteiger partial charge in [-0.25, -0.2) is 14.0 Å². The highest BCUT2D eigenvalue weighted by Crippen LogP contribution is 2.21. The van der Waals surface area contributed by atoms with Gasteiger partial charge in [0, 0.05) is 17.8 Å². The summed E-state index contributed by atoms with van der Waals surface area (Å²) in [5.74, 6) is -1.19. The van der Waals surface area contributed by atoms with Crippen LogP contribution in [-0.4, -0.2) is 30.8 Å². The molecule has 25 heavy (non-hydrogen) atoms. The van der Waals surface area contributed by atoms with Crippen LogP contribution in [-0.2, 0) is 4.74 Å². The summed E-state index contributed by atoms with van der Waals surface area (Å²) in [4.78, 5) is 23.5. The van der Waals surface area contributed by atoms with Crippen molar-refractivity contribution in [2.24, 2.45) is 0 Å². The van der Waals surface area contributed by atoms with E-state index in [1.54, 1.807) is 6.07 Å². The Kier molecular flexibility index (Phi) is 6.32. The van der Waals surface area contributed by atoms with Crippen molar-refractivity contribution < 1.29 is 23.8 Å². The summed E-state index contributed by atoms with van der Waals surface area (Å²) in [5.41, 5.74) is 0.498. The minimum Gasteiger partial charge on any atom is -0.465 e. The first-order valence-corrected chi connectivity index (χ1v) is 7.65. The monoisotopic (exact) mass is 366 g/mol. The predicted molar refractivity (Wildman–Crippen MR) is 91.2 cm³/mol. The van der Waals surface area contributed by atoms with Gasteiger partial charge in [0.05, 0.1) is 23.8 Å². The number of aliphatic hydroxyl groups excluding tert-OH is 1. The number of hydrogen-bond acceptors (Lipinski definition) is 4. The van der Waals surface area contributed by atoms with E-state index < -0.39 is 23.9 Å². The fourth-order valence-electron chi connectivity index (χ4n) is 2.09. The van der Waals surface area contributed by atoms with Crippen molar-refractivity contribution in [3.8, 4) is 0 Å². The third kappa shape index (κ3) is 4.91. The van der Waals surface area contributed by atoms with Gasteiger partial charge in [-0.05, 0) is 24.3 Å². The molecule has 2 aromatic rings. The Morgan fingerprint density at radius 3 is 2.68 bits per heavy atom. The number of carbonyl (C=O) groups is 2. The van der Waals surface area contributed by atoms with Gasteiger partial charge >= 0.3 is 12.0 Å². The number of benzene rings is 2. The number of aliphatic hydroxyl groups is 1. The molecule has 0 aliphatic carbocycles. The minimum atomic E-state index is -1.19. The average Bonchev–Trinajstić information content (AvgIpc) is 2.61. The van der Waals surface area contributed by atoms with E-state index in [9.17, 15) is 19.1 Å². The van der Waals surface area contributed by atoms with E-state index in [-0.39, 0.29) is 22.7 Å². The molecule has 3 N–H and O–H groups in total. The molecule has 0 radical (unpaired) electrons. The molecule has 0 aromatic heterocycles. The van der Waals surface area contributed by atoms with Gasteiger partial charge in [0.15, 0.2) is 0 Å². The number of halogens is 2. The maximum absolute atomic E-state index is 13.6. The molecular formula is C17H16ClFN2O4. The number of urea groups is 1. The molecule has 2 rings (SSSR count). The number of amides is 2. The van der Waals surface area contributed by atoms with Crippen molar-refractivity contribution in [2.45, 2.75) is 6.10 Å². The van der Waals surface area contributed by atoms with Gasteiger partial charge in [-0.1, -0.05) is 29.8 Å². The Bertz CT molecular complexity index is 785. The molecule has 6 nitrogen and oxygen atoms in total. The Labute approximate surface area is 148 Å². The number of nitrogens with one attached hydrogen (secondary N) is 2. The average molecular weight is 367 g/mol. The molecule has 132 valence electrons. The van der Waals surface area contributed by atoms with Crippen molar-refractivity contribution in [3.05, 3.63) is 64.4 Å². The minimum absolute atomic E-state index is 0.0854. The van der Waals surface area contributed by atoms with Crippen LogP contribution in [0.15, 0.2) is 42.5 Å². The van der Waals surface area contributed by atoms with Crippen LogP contribution in [0, 0.1) is 5.82 Å². The Morgan fingerprint density at radius 2 is 2.00 bits per heavy atom. The number of esters is 1. The second-order valence-corrected chi connectivity index (χ2v) is 5.47. The number of methoxy groups -OCH3 is 1. The van der Waals surface area contributed by atoms with Crippen molar-refractivity contribution >= 4 is 29.3 Å². The lowest BCUT2D eigenvalue weighted by Gasteiger charge is -2.14. The molecule has 8 heteroatoms. The highest BCUT2D eigenvalue weighted by atomic mass is 35.5. The van der Waals surface area contributed by atoms with Crippen molar-refractivity contribution in [1.29, 1.82) is 0 Å². The van der Waals surface area contributed by atoms with Crippen molar-refractivity contribution in [2.75, 3.05) is 19.0 Å². The van der Waals surface area contributed by atoms with Gasteiger partial charge < -0.3 is 20.5 Å². The van der Waals surface area contributed by atoms with E-state index >= 15 is 0 Å². The lowest BCUT2D eigenvalue weighted by atomic mass is 10.1. The normalized spacial score (nSPS) is 11.5. The molecule has 2 aromatic carbocycles. The Morgan fingerprint density at radius 1 is 1.28 bits per heavy atom. The summed E-state index contributed by atoms with van der Waals surface area (Å²) in [6.45, 7) is -0.190. The molecule has 0 saturated heterocycles. The SMILES string of the molecule is COC(=O)c1cc(NC(=O)NCC(O)c2ccccc2F)ccc1Cl. The molecule has 0 heterocycles. The first-order chi connectivity index (χ1) is 11.9. The van der Waals surface area contributed by atoms with Gasteiger partial charge in [0.1, 0.15) is 5.82 Å². The summed E-state index contributed by atoms with van der Waals surface area (Å²) in [5, 5.41) is 15.0. The molecule has 0 saturated carbocycles. The zero-order valence-electron chi connectivity index (χ0n) is 13.3. The third-order valence-electron chi connectivity index (χ3n) is 3.35. The second kappa shape index (κ2) is 8.46. The third-order valence-corrected chi connectivity index (χ3v) is 3.68. The number of anilines is 1. The fourth-order valence-corrected chi connectivity index (χ4v) is 2.28. The smallest absolute Gasteiger partial charge is 0.339 e. The Balaban J connectivity index is 1.97. The van der Waals surface area contributed by atoms with Crippen molar-refractivity contribution in [3.63, 3.8) is 0 Å². The standard InChI is InChI=1S/C17H16ClFN2O4/c1-25-16(23)12-8-10(6-7-13(12)18)21-17(24)20-9-15(22)11-4-2-3-5-14(11)19/h2-8,15,22H,9H2,1H3,(H2,20,21,24). The highest BCUT2D eigenvalue weighted by Gasteiger charge is 2.15. The zero-order valence-corrected chi connectivity index (χ0v) is 14.0. The number of ether oxygens (including phenoxy) is 1. The molecule has 1 atom stereocenters. The summed E-state index contributed by atoms with van der Waals surface area (Å²) < 4.78 is 18.2. The Hall–Kier alpha value is -2.64. The van der Waals surface area contributed by atoms with Gasteiger partial charge in [-0.2, -0.15) is 0 Å². The summed E-state index contributed by atoms with van der Waals surface area (Å²) in [6, 6.07) is 9.42. The van der Waals surface area contributed by atoms with Crippen LogP contribution in [0.3, 0.4) is 0 Å². The van der Waals surface area contributed by atoms with Crippen LogP contribution in [0.4, 0.5) is 14.9 Å². The molecule has 0 aliphatic rings. The van der Waals surface area contributed by atoms with Crippen molar-refractivity contribution in [1.82, 2.24) is 5.32 Å².